The zero-order valence-corrected chi connectivity index (χ0v) is 16.8. The normalized spacial score (nSPS) is 14.9. The van der Waals surface area contributed by atoms with Crippen LogP contribution in [0.1, 0.15) is 13.0 Å². The van der Waals surface area contributed by atoms with Crippen molar-refractivity contribution in [1.82, 2.24) is 9.78 Å². The van der Waals surface area contributed by atoms with E-state index in [1.165, 1.54) is 10.7 Å². The average Bonchev–Trinajstić information content (AvgIpc) is 2.80. The minimum Gasteiger partial charge on any atom is -0.378 e. The molecule has 154 valence electrons. The zero-order chi connectivity index (χ0) is 20.9. The molecule has 7 heteroatoms. The van der Waals surface area contributed by atoms with E-state index in [4.69, 9.17) is 4.74 Å². The van der Waals surface area contributed by atoms with Gasteiger partial charge >= 0.3 is 0 Å². The van der Waals surface area contributed by atoms with Crippen molar-refractivity contribution in [2.45, 2.75) is 13.0 Å². The van der Waals surface area contributed by atoms with E-state index in [1.807, 2.05) is 54.6 Å². The van der Waals surface area contributed by atoms with Crippen molar-refractivity contribution in [2.75, 3.05) is 36.5 Å². The van der Waals surface area contributed by atoms with Crippen LogP contribution < -0.4 is 15.8 Å². The number of ether oxygens (including phenoxy) is 1. The molecule has 1 saturated heterocycles. The molecule has 1 aromatic heterocycles. The highest BCUT2D eigenvalue weighted by Gasteiger charge is 2.19. The van der Waals surface area contributed by atoms with Crippen LogP contribution in [0.5, 0.6) is 0 Å². The summed E-state index contributed by atoms with van der Waals surface area (Å²) in [7, 11) is 0. The number of nitrogens with one attached hydrogen (secondary N) is 1. The van der Waals surface area contributed by atoms with Crippen LogP contribution in [0.3, 0.4) is 0 Å². The molecule has 0 radical (unpaired) electrons. The molecule has 1 aliphatic heterocycles. The second kappa shape index (κ2) is 8.92. The Bertz CT molecular complexity index is 1060. The molecule has 0 bridgehead atoms. The highest BCUT2D eigenvalue weighted by Crippen LogP contribution is 2.20. The molecule has 0 saturated carbocycles. The van der Waals surface area contributed by atoms with Gasteiger partial charge in [-0.3, -0.25) is 9.59 Å². The molecular weight excluding hydrogens is 380 g/mol. The molecule has 1 fully saturated rings. The minimum absolute atomic E-state index is 0.297. The summed E-state index contributed by atoms with van der Waals surface area (Å²) in [6.07, 6.45) is 0. The lowest BCUT2D eigenvalue weighted by Gasteiger charge is -2.29. The van der Waals surface area contributed by atoms with Crippen molar-refractivity contribution in [1.29, 1.82) is 0 Å². The number of hydrogen-bond donors (Lipinski definition) is 1. The van der Waals surface area contributed by atoms with E-state index in [1.54, 1.807) is 13.0 Å². The summed E-state index contributed by atoms with van der Waals surface area (Å²) >= 11 is 0. The quantitative estimate of drug-likeness (QED) is 0.708. The molecule has 0 aliphatic carbocycles. The van der Waals surface area contributed by atoms with Crippen LogP contribution in [0.4, 0.5) is 11.4 Å². The van der Waals surface area contributed by atoms with Crippen molar-refractivity contribution >= 4 is 17.3 Å². The summed E-state index contributed by atoms with van der Waals surface area (Å²) in [5.41, 5.74) is 2.98. The smallest absolute Gasteiger partial charge is 0.267 e. The number of rotatable bonds is 5. The van der Waals surface area contributed by atoms with Crippen LogP contribution in [-0.4, -0.2) is 42.0 Å². The maximum atomic E-state index is 12.8. The minimum atomic E-state index is -0.750. The number of anilines is 2. The standard InChI is InChI=1S/C23H24N4O3/c1-17(27-22(28)12-11-21(25-27)18-5-3-2-4-6-18)23(29)24-19-7-9-20(10-8-19)26-13-15-30-16-14-26/h2-12,17H,13-16H2,1H3,(H,24,29). The fourth-order valence-electron chi connectivity index (χ4n) is 3.40. The summed E-state index contributed by atoms with van der Waals surface area (Å²) in [6, 6.07) is 19.6. The lowest BCUT2D eigenvalue weighted by atomic mass is 10.1. The van der Waals surface area contributed by atoms with Gasteiger partial charge in [-0.25, -0.2) is 4.68 Å². The SMILES string of the molecule is CC(C(=O)Nc1ccc(N2CCOCC2)cc1)n1nc(-c2ccccc2)ccc1=O. The van der Waals surface area contributed by atoms with E-state index in [2.05, 4.69) is 15.3 Å². The molecule has 4 rings (SSSR count). The third-order valence-electron chi connectivity index (χ3n) is 5.15. The number of carbonyl (C=O) groups excluding carboxylic acids is 1. The first-order valence-corrected chi connectivity index (χ1v) is 10.0. The van der Waals surface area contributed by atoms with Crippen LogP contribution in [0, 0.1) is 0 Å². The monoisotopic (exact) mass is 404 g/mol. The van der Waals surface area contributed by atoms with Crippen LogP contribution in [-0.2, 0) is 9.53 Å². The fourth-order valence-corrected chi connectivity index (χ4v) is 3.40. The van der Waals surface area contributed by atoms with Gasteiger partial charge in [0.05, 0.1) is 18.9 Å². The Morgan fingerprint density at radius 1 is 1.00 bits per heavy atom. The van der Waals surface area contributed by atoms with Gasteiger partial charge < -0.3 is 15.0 Å². The van der Waals surface area contributed by atoms with Gasteiger partial charge in [-0.1, -0.05) is 30.3 Å². The molecular formula is C23H24N4O3. The van der Waals surface area contributed by atoms with Crippen LogP contribution in [0.2, 0.25) is 0 Å². The van der Waals surface area contributed by atoms with Crippen molar-refractivity contribution in [3.8, 4) is 11.3 Å². The third kappa shape index (κ3) is 4.41. The molecule has 2 aromatic carbocycles. The second-order valence-corrected chi connectivity index (χ2v) is 7.18. The van der Waals surface area contributed by atoms with Gasteiger partial charge in [0.1, 0.15) is 6.04 Å². The van der Waals surface area contributed by atoms with Crippen molar-refractivity contribution in [3.05, 3.63) is 77.1 Å². The zero-order valence-electron chi connectivity index (χ0n) is 16.8. The van der Waals surface area contributed by atoms with Gasteiger partial charge in [-0.2, -0.15) is 5.10 Å². The Morgan fingerprint density at radius 2 is 1.70 bits per heavy atom. The Labute approximate surface area is 174 Å². The first-order chi connectivity index (χ1) is 14.6. The number of morpholine rings is 1. The van der Waals surface area contributed by atoms with Gasteiger partial charge in [0.25, 0.3) is 5.56 Å². The van der Waals surface area contributed by atoms with Gasteiger partial charge in [0, 0.05) is 36.1 Å². The highest BCUT2D eigenvalue weighted by molar-refractivity contribution is 5.93. The number of hydrogen-bond acceptors (Lipinski definition) is 5. The lowest BCUT2D eigenvalue weighted by molar-refractivity contribution is -0.119. The average molecular weight is 404 g/mol. The molecule has 30 heavy (non-hydrogen) atoms. The van der Waals surface area contributed by atoms with Gasteiger partial charge in [0.2, 0.25) is 5.91 Å². The Morgan fingerprint density at radius 3 is 2.40 bits per heavy atom. The Hall–Kier alpha value is -3.45. The number of carbonyl (C=O) groups is 1. The molecule has 7 nitrogen and oxygen atoms in total. The first kappa shape index (κ1) is 19.8. The predicted molar refractivity (Wildman–Crippen MR) is 117 cm³/mol. The molecule has 0 spiro atoms. The molecule has 3 aromatic rings. The predicted octanol–water partition coefficient (Wildman–Crippen LogP) is 2.95. The maximum absolute atomic E-state index is 12.8. The molecule has 1 aliphatic rings. The van der Waals surface area contributed by atoms with E-state index >= 15 is 0 Å². The molecule has 2 heterocycles. The van der Waals surface area contributed by atoms with E-state index in [-0.39, 0.29) is 11.5 Å². The number of aromatic nitrogens is 2. The Balaban J connectivity index is 1.48. The summed E-state index contributed by atoms with van der Waals surface area (Å²) in [5.74, 6) is -0.297. The van der Waals surface area contributed by atoms with E-state index in [0.717, 1.165) is 37.6 Å². The molecule has 1 N–H and O–H groups in total. The number of amides is 1. The van der Waals surface area contributed by atoms with Crippen LogP contribution in [0.25, 0.3) is 11.3 Å². The fraction of sp³-hybridized carbons (Fsp3) is 0.261. The van der Waals surface area contributed by atoms with Crippen molar-refractivity contribution < 1.29 is 9.53 Å². The topological polar surface area (TPSA) is 76.5 Å². The maximum Gasteiger partial charge on any atom is 0.267 e. The van der Waals surface area contributed by atoms with E-state index in [0.29, 0.717) is 11.4 Å². The lowest BCUT2D eigenvalue weighted by Crippen LogP contribution is -2.36. The van der Waals surface area contributed by atoms with Crippen LogP contribution in [0.15, 0.2) is 71.5 Å². The summed E-state index contributed by atoms with van der Waals surface area (Å²) < 4.78 is 6.60. The van der Waals surface area contributed by atoms with Crippen LogP contribution >= 0.6 is 0 Å². The summed E-state index contributed by atoms with van der Waals surface area (Å²) in [6.45, 7) is 4.82. The highest BCUT2D eigenvalue weighted by atomic mass is 16.5. The number of benzene rings is 2. The van der Waals surface area contributed by atoms with Crippen molar-refractivity contribution in [3.63, 3.8) is 0 Å². The van der Waals surface area contributed by atoms with Gasteiger partial charge in [-0.05, 0) is 37.3 Å². The third-order valence-corrected chi connectivity index (χ3v) is 5.15. The molecule has 1 atom stereocenters. The second-order valence-electron chi connectivity index (χ2n) is 7.18. The summed E-state index contributed by atoms with van der Waals surface area (Å²) in [4.78, 5) is 27.3. The molecule has 1 amide bonds. The summed E-state index contributed by atoms with van der Waals surface area (Å²) in [5, 5.41) is 7.28. The molecule has 1 unspecified atom stereocenters. The largest absolute Gasteiger partial charge is 0.378 e. The van der Waals surface area contributed by atoms with Gasteiger partial charge in [0.15, 0.2) is 0 Å². The van der Waals surface area contributed by atoms with Crippen molar-refractivity contribution in [2.24, 2.45) is 0 Å². The Kier molecular flexibility index (Phi) is 5.90. The first-order valence-electron chi connectivity index (χ1n) is 10.0. The number of nitrogens with zero attached hydrogens (tertiary/aromatic N) is 3. The van der Waals surface area contributed by atoms with E-state index in [9.17, 15) is 9.59 Å². The van der Waals surface area contributed by atoms with Gasteiger partial charge in [-0.15, -0.1) is 0 Å². The van der Waals surface area contributed by atoms with E-state index < -0.39 is 6.04 Å².